The molecule has 0 fully saturated rings. The Morgan fingerprint density at radius 3 is 1.40 bits per heavy atom. The lowest BCUT2D eigenvalue weighted by molar-refractivity contribution is 0.661. The van der Waals surface area contributed by atoms with Crippen LogP contribution in [0, 0.1) is 0 Å². The monoisotopic (exact) mass is 672 g/mol. The molecule has 53 heavy (non-hydrogen) atoms. The first kappa shape index (κ1) is 30.2. The Kier molecular flexibility index (Phi) is 6.40. The number of hydrogen-bond donors (Lipinski definition) is 0. The molecule has 0 saturated carbocycles. The zero-order valence-electron chi connectivity index (χ0n) is 29.8. The van der Waals surface area contributed by atoms with Gasteiger partial charge in [-0.05, 0) is 140 Å². The fourth-order valence-corrected chi connectivity index (χ4v) is 9.38. The van der Waals surface area contributed by atoms with Crippen molar-refractivity contribution in [3.63, 3.8) is 0 Å². The summed E-state index contributed by atoms with van der Waals surface area (Å²) in [5.41, 5.74) is 13.0. The third kappa shape index (κ3) is 4.42. The Morgan fingerprint density at radius 1 is 0.283 bits per heavy atom. The van der Waals surface area contributed by atoms with Crippen molar-refractivity contribution in [3.05, 3.63) is 193 Å². The quantitative estimate of drug-likeness (QED) is 0.164. The fraction of sp³-hybridized carbons (Fsp3) is 0.0566. The van der Waals surface area contributed by atoms with Crippen LogP contribution in [0.25, 0.3) is 98.4 Å². The Morgan fingerprint density at radius 2 is 0.736 bits per heavy atom. The molecule has 0 spiro atoms. The minimum atomic E-state index is -0.212. The summed E-state index contributed by atoms with van der Waals surface area (Å²) in [7, 11) is 0. The molecule has 0 aliphatic heterocycles. The van der Waals surface area contributed by atoms with E-state index in [1.54, 1.807) is 0 Å². The molecule has 0 saturated heterocycles. The van der Waals surface area contributed by atoms with Gasteiger partial charge in [-0.1, -0.05) is 166 Å². The highest BCUT2D eigenvalue weighted by Crippen LogP contribution is 2.57. The molecule has 0 heteroatoms. The summed E-state index contributed by atoms with van der Waals surface area (Å²) in [4.78, 5) is 0. The Hall–Kier alpha value is -6.50. The summed E-state index contributed by atoms with van der Waals surface area (Å²) >= 11 is 0. The number of fused-ring (bicyclic) bond motifs is 11. The topological polar surface area (TPSA) is 0 Å². The smallest absolute Gasteiger partial charge is 0.0159 e. The molecule has 10 aromatic rings. The molecule has 0 atom stereocenters. The van der Waals surface area contributed by atoms with Crippen LogP contribution in [0.1, 0.15) is 25.0 Å². The maximum Gasteiger partial charge on any atom is 0.0159 e. The van der Waals surface area contributed by atoms with Crippen molar-refractivity contribution in [2.24, 2.45) is 0 Å². The molecule has 0 heterocycles. The first-order valence-corrected chi connectivity index (χ1v) is 18.7. The Bertz CT molecular complexity index is 3120. The minimum absolute atomic E-state index is 0.212. The van der Waals surface area contributed by atoms with Crippen LogP contribution in [0.15, 0.2) is 182 Å². The first-order chi connectivity index (χ1) is 26.0. The molecule has 0 unspecified atom stereocenters. The van der Waals surface area contributed by atoms with Gasteiger partial charge in [0.25, 0.3) is 0 Å². The minimum Gasteiger partial charge on any atom is -0.0622 e. The van der Waals surface area contributed by atoms with Gasteiger partial charge in [0.2, 0.25) is 0 Å². The van der Waals surface area contributed by atoms with Crippen LogP contribution < -0.4 is 0 Å². The van der Waals surface area contributed by atoms with Gasteiger partial charge in [0.1, 0.15) is 0 Å². The molecule has 0 bridgehead atoms. The molecule has 0 amide bonds. The largest absolute Gasteiger partial charge is 0.0622 e. The molecular formula is C53H36. The normalized spacial score (nSPS) is 13.2. The zero-order valence-corrected chi connectivity index (χ0v) is 29.8. The summed E-state index contributed by atoms with van der Waals surface area (Å²) in [6.45, 7) is 4.86. The van der Waals surface area contributed by atoms with Crippen molar-refractivity contribution in [2.45, 2.75) is 19.3 Å². The predicted molar refractivity (Wildman–Crippen MR) is 228 cm³/mol. The maximum atomic E-state index is 2.53. The summed E-state index contributed by atoms with van der Waals surface area (Å²) in [5, 5.41) is 12.9. The standard InChI is InChI=1S/C53H36/c1-53(2)49-31-46(38-27-26-35-28-34(24-25-36(35)29-38)33-14-4-3-5-15-33)42-20-10-12-22-44(42)51(49)52-45-23-13-11-21-43(45)48(32-50(52)53)47-30-37-16-6-7-17-39(37)40-18-8-9-19-41(40)47/h3-32H,1-2H3. The lowest BCUT2D eigenvalue weighted by atomic mass is 9.79. The van der Waals surface area contributed by atoms with E-state index < -0.39 is 0 Å². The second-order valence-corrected chi connectivity index (χ2v) is 15.2. The summed E-state index contributed by atoms with van der Waals surface area (Å²) in [6, 6.07) is 67.8. The second-order valence-electron chi connectivity index (χ2n) is 15.2. The van der Waals surface area contributed by atoms with Crippen LogP contribution in [-0.2, 0) is 5.41 Å². The van der Waals surface area contributed by atoms with Gasteiger partial charge >= 0.3 is 0 Å². The van der Waals surface area contributed by atoms with E-state index >= 15 is 0 Å². The van der Waals surface area contributed by atoms with Crippen LogP contribution in [0.2, 0.25) is 0 Å². The van der Waals surface area contributed by atoms with Crippen molar-refractivity contribution in [3.8, 4) is 44.5 Å². The van der Waals surface area contributed by atoms with Crippen molar-refractivity contribution >= 4 is 53.9 Å². The SMILES string of the molecule is CC1(C)c2cc(-c3ccc4cc(-c5ccccc5)ccc4c3)c3ccccc3c2-c2c1cc(-c1cc3ccccc3c3ccccc13)c1ccccc21. The van der Waals surface area contributed by atoms with Crippen molar-refractivity contribution in [1.29, 1.82) is 0 Å². The highest BCUT2D eigenvalue weighted by atomic mass is 14.4. The van der Waals surface area contributed by atoms with Crippen molar-refractivity contribution < 1.29 is 0 Å². The lowest BCUT2D eigenvalue weighted by Crippen LogP contribution is -2.15. The van der Waals surface area contributed by atoms with Gasteiger partial charge in [-0.3, -0.25) is 0 Å². The molecule has 0 nitrogen and oxygen atoms in total. The van der Waals surface area contributed by atoms with E-state index in [0.717, 1.165) is 0 Å². The zero-order chi connectivity index (χ0) is 35.3. The first-order valence-electron chi connectivity index (χ1n) is 18.7. The molecule has 0 radical (unpaired) electrons. The third-order valence-corrected chi connectivity index (χ3v) is 12.0. The van der Waals surface area contributed by atoms with E-state index in [2.05, 4.69) is 196 Å². The van der Waals surface area contributed by atoms with Crippen LogP contribution in [-0.4, -0.2) is 0 Å². The van der Waals surface area contributed by atoms with Crippen LogP contribution >= 0.6 is 0 Å². The van der Waals surface area contributed by atoms with Crippen LogP contribution in [0.3, 0.4) is 0 Å². The highest BCUT2D eigenvalue weighted by Gasteiger charge is 2.39. The van der Waals surface area contributed by atoms with Crippen LogP contribution in [0.5, 0.6) is 0 Å². The molecule has 11 rings (SSSR count). The molecule has 0 N–H and O–H groups in total. The average Bonchev–Trinajstić information content (AvgIpc) is 3.45. The Labute approximate surface area is 309 Å². The average molecular weight is 673 g/mol. The summed E-state index contributed by atoms with van der Waals surface area (Å²) < 4.78 is 0. The third-order valence-electron chi connectivity index (χ3n) is 12.0. The van der Waals surface area contributed by atoms with E-state index in [-0.39, 0.29) is 5.41 Å². The van der Waals surface area contributed by atoms with Gasteiger partial charge in [0, 0.05) is 5.41 Å². The van der Waals surface area contributed by atoms with Crippen molar-refractivity contribution in [2.75, 3.05) is 0 Å². The number of hydrogen-bond acceptors (Lipinski definition) is 0. The molecule has 10 aromatic carbocycles. The predicted octanol–water partition coefficient (Wildman–Crippen LogP) is 14.8. The molecule has 1 aliphatic rings. The van der Waals surface area contributed by atoms with Gasteiger partial charge in [-0.25, -0.2) is 0 Å². The van der Waals surface area contributed by atoms with E-state index in [0.29, 0.717) is 0 Å². The van der Waals surface area contributed by atoms with Gasteiger partial charge in [0.15, 0.2) is 0 Å². The van der Waals surface area contributed by atoms with Gasteiger partial charge < -0.3 is 0 Å². The molecule has 1 aliphatic carbocycles. The van der Waals surface area contributed by atoms with E-state index in [1.807, 2.05) is 0 Å². The number of benzene rings is 10. The number of rotatable bonds is 3. The highest BCUT2D eigenvalue weighted by molar-refractivity contribution is 6.20. The summed E-state index contributed by atoms with van der Waals surface area (Å²) in [6.07, 6.45) is 0. The van der Waals surface area contributed by atoms with E-state index in [1.165, 1.54) is 109 Å². The van der Waals surface area contributed by atoms with Gasteiger partial charge in [0.05, 0.1) is 0 Å². The lowest BCUT2D eigenvalue weighted by Gasteiger charge is -2.24. The van der Waals surface area contributed by atoms with Gasteiger partial charge in [-0.2, -0.15) is 0 Å². The van der Waals surface area contributed by atoms with Crippen molar-refractivity contribution in [1.82, 2.24) is 0 Å². The second kappa shape index (κ2) is 11.2. The Balaban J connectivity index is 1.15. The van der Waals surface area contributed by atoms with Gasteiger partial charge in [-0.15, -0.1) is 0 Å². The van der Waals surface area contributed by atoms with E-state index in [9.17, 15) is 0 Å². The fourth-order valence-electron chi connectivity index (χ4n) is 9.38. The van der Waals surface area contributed by atoms with Crippen LogP contribution in [0.4, 0.5) is 0 Å². The molecule has 248 valence electrons. The maximum absolute atomic E-state index is 2.53. The van der Waals surface area contributed by atoms with E-state index in [4.69, 9.17) is 0 Å². The molecular weight excluding hydrogens is 637 g/mol. The summed E-state index contributed by atoms with van der Waals surface area (Å²) in [5.74, 6) is 0. The molecule has 0 aromatic heterocycles.